The fourth-order valence-corrected chi connectivity index (χ4v) is 1.32. The second-order valence-electron chi connectivity index (χ2n) is 6.01. The maximum Gasteiger partial charge on any atom is 0.189 e. The maximum absolute atomic E-state index is 10.8. The van der Waals surface area contributed by atoms with Gasteiger partial charge in [0.05, 0.1) is 0 Å². The van der Waals surface area contributed by atoms with Gasteiger partial charge in [0.25, 0.3) is 0 Å². The molecule has 0 rings (SSSR count). The quantitative estimate of drug-likeness (QED) is 0.368. The summed E-state index contributed by atoms with van der Waals surface area (Å²) in [5.74, 6) is 0.00533. The summed E-state index contributed by atoms with van der Waals surface area (Å²) in [6.45, 7) is 22.0. The van der Waals surface area contributed by atoms with E-state index in [-0.39, 0.29) is 77.2 Å². The van der Waals surface area contributed by atoms with Gasteiger partial charge in [0.2, 0.25) is 0 Å². The topological polar surface area (TPSA) is 84.2 Å². The number of rotatable bonds is 7. The molecule has 0 unspecified atom stereocenters. The van der Waals surface area contributed by atoms with Gasteiger partial charge in [-0.2, -0.15) is 0 Å². The van der Waals surface area contributed by atoms with Crippen LogP contribution in [0.2, 0.25) is 0 Å². The van der Waals surface area contributed by atoms with Crippen LogP contribution in [0.5, 0.6) is 0 Å². The van der Waals surface area contributed by atoms with Crippen molar-refractivity contribution in [2.75, 3.05) is 19.6 Å². The molecular formula is C18H37N3O2Y2-4. The molecule has 4 N–H and O–H groups in total. The van der Waals surface area contributed by atoms with Crippen LogP contribution in [0, 0.1) is 33.1 Å². The van der Waals surface area contributed by atoms with E-state index in [1.54, 1.807) is 0 Å². The number of nitrogens with two attached hydrogens (primary N) is 1. The van der Waals surface area contributed by atoms with Gasteiger partial charge in [-0.3, -0.25) is 9.59 Å². The van der Waals surface area contributed by atoms with Crippen molar-refractivity contribution >= 4 is 11.8 Å². The van der Waals surface area contributed by atoms with E-state index in [1.165, 1.54) is 12.8 Å². The Bertz CT molecular complexity index is 284. The van der Waals surface area contributed by atoms with Crippen LogP contribution >= 0.6 is 0 Å². The Morgan fingerprint density at radius 2 is 1.28 bits per heavy atom. The molecule has 0 heterocycles. The molecule has 0 spiro atoms. The minimum absolute atomic E-state index is 0. The van der Waals surface area contributed by atoms with Crippen molar-refractivity contribution < 1.29 is 75.0 Å². The minimum atomic E-state index is -0.0463. The molecule has 0 bridgehead atoms. The average molecular weight is 505 g/mol. The van der Waals surface area contributed by atoms with E-state index in [1.807, 2.05) is 0 Å². The van der Waals surface area contributed by atoms with E-state index in [9.17, 15) is 9.59 Å². The van der Waals surface area contributed by atoms with Gasteiger partial charge in [-0.15, -0.1) is 25.9 Å². The number of hydrogen-bond donors (Lipinski definition) is 3. The summed E-state index contributed by atoms with van der Waals surface area (Å²) in [5.41, 5.74) is 5.15. The van der Waals surface area contributed by atoms with E-state index >= 15 is 0 Å². The van der Waals surface area contributed by atoms with E-state index in [2.05, 4.69) is 59.1 Å². The number of amides is 2. The molecule has 7 heteroatoms. The van der Waals surface area contributed by atoms with Crippen molar-refractivity contribution in [2.24, 2.45) is 11.1 Å². The number of carbonyl (C=O) groups is 2. The smallest absolute Gasteiger partial charge is 0.189 e. The Kier molecular flexibility index (Phi) is 40.4. The number of hydrogen-bond acceptors (Lipinski definition) is 3. The Balaban J connectivity index is -0.0000000949. The molecule has 0 aliphatic carbocycles. The van der Waals surface area contributed by atoms with Crippen molar-refractivity contribution in [3.63, 3.8) is 0 Å². The van der Waals surface area contributed by atoms with Crippen LogP contribution < -0.4 is 16.4 Å². The summed E-state index contributed by atoms with van der Waals surface area (Å²) >= 11 is 0. The van der Waals surface area contributed by atoms with E-state index in [4.69, 9.17) is 5.73 Å². The summed E-state index contributed by atoms with van der Waals surface area (Å²) in [6.07, 6.45) is 4.12. The summed E-state index contributed by atoms with van der Waals surface area (Å²) in [4.78, 5) is 21.0. The normalized spacial score (nSPS) is 8.96. The molecule has 25 heavy (non-hydrogen) atoms. The van der Waals surface area contributed by atoms with Crippen LogP contribution in [0.4, 0.5) is 0 Å². The van der Waals surface area contributed by atoms with Gasteiger partial charge < -0.3 is 44.1 Å². The molecule has 0 saturated heterocycles. The van der Waals surface area contributed by atoms with E-state index in [0.717, 1.165) is 13.0 Å². The Morgan fingerprint density at radius 1 is 0.880 bits per heavy atom. The summed E-state index contributed by atoms with van der Waals surface area (Å²) < 4.78 is 0. The van der Waals surface area contributed by atoms with Crippen LogP contribution in [0.25, 0.3) is 0 Å². The van der Waals surface area contributed by atoms with Crippen LogP contribution in [0.1, 0.15) is 52.9 Å². The predicted octanol–water partition coefficient (Wildman–Crippen LogP) is 2.48. The van der Waals surface area contributed by atoms with Crippen LogP contribution in [0.3, 0.4) is 0 Å². The van der Waals surface area contributed by atoms with Crippen molar-refractivity contribution in [1.29, 1.82) is 0 Å². The molecule has 2 radical (unpaired) electrons. The first-order valence-corrected chi connectivity index (χ1v) is 8.08. The van der Waals surface area contributed by atoms with Gasteiger partial charge in [0.15, 0.2) is 11.8 Å². The third-order valence-electron chi connectivity index (χ3n) is 2.45. The summed E-state index contributed by atoms with van der Waals surface area (Å²) in [7, 11) is 0. The fourth-order valence-electron chi connectivity index (χ4n) is 1.32. The molecule has 0 fully saturated rings. The largest absolute Gasteiger partial charge is 0.388 e. The summed E-state index contributed by atoms with van der Waals surface area (Å²) in [5, 5.41) is 5.30. The number of unbranched alkanes of at least 4 members (excludes halogenated alkanes) is 1. The van der Waals surface area contributed by atoms with Crippen molar-refractivity contribution in [3.05, 3.63) is 27.7 Å². The monoisotopic (exact) mass is 505 g/mol. The van der Waals surface area contributed by atoms with Crippen molar-refractivity contribution in [3.8, 4) is 0 Å². The van der Waals surface area contributed by atoms with Crippen molar-refractivity contribution in [2.45, 2.75) is 52.9 Å². The fraction of sp³-hybridized carbons (Fsp3) is 0.667. The van der Waals surface area contributed by atoms with Gasteiger partial charge in [-0.1, -0.05) is 27.2 Å². The second-order valence-corrected chi connectivity index (χ2v) is 6.01. The standard InChI is InChI=1S/C11H22NO.C5H9NO.C2H6N.2Y/c1-5-10(13)12-9-7-6-8-11(2,3)4;1-3-5(7)6-4-2;1-2-3;;/h1,5-9H2,2-4H3,(H,12,13);1-4H2,(H,6,7);1-3H2;;/q-1;-2;-1;;. The van der Waals surface area contributed by atoms with Gasteiger partial charge in [-0.25, -0.2) is 0 Å². The number of carbonyl (C=O) groups excluding carboxylic acids is 2. The molecule has 0 aromatic rings. The molecule has 5 nitrogen and oxygen atoms in total. The molecule has 146 valence electrons. The molecule has 0 aliphatic rings. The van der Waals surface area contributed by atoms with Crippen LogP contribution in [0.15, 0.2) is 0 Å². The van der Waals surface area contributed by atoms with Gasteiger partial charge in [-0.05, 0) is 18.3 Å². The predicted molar refractivity (Wildman–Crippen MR) is 99.0 cm³/mol. The molecule has 2 amide bonds. The maximum atomic E-state index is 10.8. The first-order chi connectivity index (χ1) is 10.7. The zero-order valence-electron chi connectivity index (χ0n) is 16.5. The third kappa shape index (κ3) is 45.8. The average Bonchev–Trinajstić information content (AvgIpc) is 2.47. The van der Waals surface area contributed by atoms with E-state index < -0.39 is 0 Å². The Morgan fingerprint density at radius 3 is 1.56 bits per heavy atom. The van der Waals surface area contributed by atoms with E-state index in [0.29, 0.717) is 31.3 Å². The zero-order chi connectivity index (χ0) is 18.7. The molecular weight excluding hydrogens is 468 g/mol. The second kappa shape index (κ2) is 27.3. The first kappa shape index (κ1) is 36.9. The molecule has 0 saturated carbocycles. The Hall–Kier alpha value is 1.11. The molecule has 0 aromatic carbocycles. The molecule has 0 atom stereocenters. The third-order valence-corrected chi connectivity index (χ3v) is 2.45. The van der Waals surface area contributed by atoms with Gasteiger partial charge in [0, 0.05) is 72.0 Å². The van der Waals surface area contributed by atoms with Gasteiger partial charge in [0.1, 0.15) is 0 Å². The summed E-state index contributed by atoms with van der Waals surface area (Å²) in [6, 6.07) is 0. The first-order valence-electron chi connectivity index (χ1n) is 8.08. The SMILES string of the molecule is [CH2-]CC(=O)NCCCCC(C)(C)C.[CH2-]CN.[CH2-]CNC(=O)C[CH2-].[Y].[Y]. The minimum Gasteiger partial charge on any atom is -0.388 e. The Labute approximate surface area is 206 Å². The van der Waals surface area contributed by atoms with Gasteiger partial charge >= 0.3 is 0 Å². The zero-order valence-corrected chi connectivity index (χ0v) is 22.2. The van der Waals surface area contributed by atoms with Crippen LogP contribution in [-0.2, 0) is 75.0 Å². The van der Waals surface area contributed by atoms with Crippen molar-refractivity contribution in [1.82, 2.24) is 10.6 Å². The molecule has 0 aromatic heterocycles. The number of nitrogens with one attached hydrogen (secondary N) is 2. The molecule has 0 aliphatic heterocycles. The van der Waals surface area contributed by atoms with Crippen LogP contribution in [-0.4, -0.2) is 31.4 Å².